The number of thiophene rings is 1. The molecule has 1 unspecified atom stereocenters. The lowest BCUT2D eigenvalue weighted by molar-refractivity contribution is 0.0757. The van der Waals surface area contributed by atoms with Crippen LogP contribution in [0.5, 0.6) is 5.75 Å². The third kappa shape index (κ3) is 3.57. The molecule has 29 heavy (non-hydrogen) atoms. The number of nitrogens with one attached hydrogen (secondary N) is 1. The summed E-state index contributed by atoms with van der Waals surface area (Å²) in [6, 6.07) is 14.3. The Bertz CT molecular complexity index is 1150. The van der Waals surface area contributed by atoms with Crippen molar-refractivity contribution in [1.82, 2.24) is 0 Å². The number of rotatable bonds is 4. The highest BCUT2D eigenvalue weighted by Gasteiger charge is 2.45. The molecular formula is C21H12ClNO5S. The van der Waals surface area contributed by atoms with Crippen LogP contribution in [0.1, 0.15) is 31.1 Å². The van der Waals surface area contributed by atoms with Gasteiger partial charge in [-0.05, 0) is 24.3 Å². The van der Waals surface area contributed by atoms with E-state index in [1.807, 2.05) is 0 Å². The Labute approximate surface area is 174 Å². The lowest BCUT2D eigenvalue weighted by Gasteiger charge is -2.09. The van der Waals surface area contributed by atoms with Crippen molar-refractivity contribution < 1.29 is 23.9 Å². The first-order valence-electron chi connectivity index (χ1n) is 8.49. The number of ketones is 3. The second-order valence-electron chi connectivity index (χ2n) is 6.22. The van der Waals surface area contributed by atoms with E-state index in [9.17, 15) is 19.2 Å². The predicted octanol–water partition coefficient (Wildman–Crippen LogP) is 4.89. The highest BCUT2D eigenvalue weighted by molar-refractivity contribution is 7.14. The number of fused-ring (bicyclic) bond motifs is 1. The van der Waals surface area contributed by atoms with Gasteiger partial charge in [0.25, 0.3) is 0 Å². The van der Waals surface area contributed by atoms with Crippen LogP contribution in [0.15, 0.2) is 60.0 Å². The first-order chi connectivity index (χ1) is 14.0. The third-order valence-corrected chi connectivity index (χ3v) is 5.50. The molecule has 0 saturated heterocycles. The maximum absolute atomic E-state index is 12.9. The first-order valence-corrected chi connectivity index (χ1v) is 9.75. The van der Waals surface area contributed by atoms with Crippen LogP contribution in [0.25, 0.3) is 0 Å². The zero-order valence-corrected chi connectivity index (χ0v) is 16.3. The average Bonchev–Trinajstić information content (AvgIpc) is 3.24. The molecule has 0 radical (unpaired) electrons. The van der Waals surface area contributed by atoms with Crippen molar-refractivity contribution in [2.45, 2.75) is 0 Å². The Morgan fingerprint density at radius 3 is 2.45 bits per heavy atom. The number of halogens is 1. The van der Waals surface area contributed by atoms with Crippen LogP contribution in [0, 0.1) is 5.92 Å². The molecule has 144 valence electrons. The van der Waals surface area contributed by atoms with E-state index in [2.05, 4.69) is 5.32 Å². The predicted molar refractivity (Wildman–Crippen MR) is 108 cm³/mol. The van der Waals surface area contributed by atoms with Crippen LogP contribution in [-0.4, -0.2) is 23.4 Å². The minimum absolute atomic E-state index is 0.00203. The minimum atomic E-state index is -1.48. The van der Waals surface area contributed by atoms with Gasteiger partial charge in [-0.15, -0.1) is 11.3 Å². The zero-order chi connectivity index (χ0) is 20.5. The lowest BCUT2D eigenvalue weighted by Crippen LogP contribution is -2.25. The standard InChI is InChI=1S/C21H12ClNO5S/c22-15-9-11(10-29-15)18(24)17-19(25)13-7-4-8-14(16(13)20(17)26)23-21(27)28-12-5-2-1-3-6-12/h1-10,17H,(H,23,27). The van der Waals surface area contributed by atoms with E-state index in [-0.39, 0.29) is 22.4 Å². The fourth-order valence-corrected chi connectivity index (χ4v) is 3.99. The zero-order valence-electron chi connectivity index (χ0n) is 14.7. The monoisotopic (exact) mass is 425 g/mol. The van der Waals surface area contributed by atoms with E-state index >= 15 is 0 Å². The van der Waals surface area contributed by atoms with Gasteiger partial charge in [0.1, 0.15) is 11.7 Å². The SMILES string of the molecule is O=C(Nc1cccc2c1C(=O)C(C(=O)c1csc(Cl)c1)C2=O)Oc1ccccc1. The number of anilines is 1. The number of para-hydroxylation sites is 1. The number of carbonyl (C=O) groups is 4. The van der Waals surface area contributed by atoms with Gasteiger partial charge in [0.2, 0.25) is 0 Å². The van der Waals surface area contributed by atoms with Crippen molar-refractivity contribution in [3.8, 4) is 5.75 Å². The topological polar surface area (TPSA) is 89.5 Å². The maximum atomic E-state index is 12.9. The lowest BCUT2D eigenvalue weighted by atomic mass is 9.95. The van der Waals surface area contributed by atoms with Gasteiger partial charge in [0.15, 0.2) is 17.3 Å². The Kier molecular flexibility index (Phi) is 5.00. The van der Waals surface area contributed by atoms with Crippen molar-refractivity contribution in [2.75, 3.05) is 5.32 Å². The summed E-state index contributed by atoms with van der Waals surface area (Å²) in [4.78, 5) is 50.6. The fourth-order valence-electron chi connectivity index (χ4n) is 3.12. The molecule has 1 heterocycles. The molecule has 1 aromatic heterocycles. The highest BCUT2D eigenvalue weighted by Crippen LogP contribution is 2.35. The van der Waals surface area contributed by atoms with Crippen molar-refractivity contribution >= 4 is 52.1 Å². The van der Waals surface area contributed by atoms with Gasteiger partial charge in [-0.3, -0.25) is 19.7 Å². The van der Waals surface area contributed by atoms with Crippen LogP contribution in [0.4, 0.5) is 10.5 Å². The van der Waals surface area contributed by atoms with Crippen LogP contribution < -0.4 is 10.1 Å². The second-order valence-corrected chi connectivity index (χ2v) is 7.76. The molecule has 0 fully saturated rings. The number of hydrogen-bond acceptors (Lipinski definition) is 6. The summed E-state index contributed by atoms with van der Waals surface area (Å²) in [5, 5.41) is 3.99. The summed E-state index contributed by atoms with van der Waals surface area (Å²) < 4.78 is 5.54. The Balaban J connectivity index is 1.61. The molecule has 0 aliphatic heterocycles. The Morgan fingerprint density at radius 1 is 1.00 bits per heavy atom. The molecule has 1 aliphatic carbocycles. The Morgan fingerprint density at radius 2 is 1.76 bits per heavy atom. The summed E-state index contributed by atoms with van der Waals surface area (Å²) in [6.07, 6.45) is -0.816. The Hall–Kier alpha value is -3.29. The van der Waals surface area contributed by atoms with E-state index in [1.165, 1.54) is 29.6 Å². The molecule has 1 N–H and O–H groups in total. The van der Waals surface area contributed by atoms with Crippen molar-refractivity contribution in [1.29, 1.82) is 0 Å². The summed E-state index contributed by atoms with van der Waals surface area (Å²) >= 11 is 7.00. The van der Waals surface area contributed by atoms with E-state index in [1.54, 1.807) is 30.3 Å². The minimum Gasteiger partial charge on any atom is -0.410 e. The van der Waals surface area contributed by atoms with E-state index in [0.717, 1.165) is 11.3 Å². The number of amides is 1. The van der Waals surface area contributed by atoms with Gasteiger partial charge >= 0.3 is 6.09 Å². The second kappa shape index (κ2) is 7.62. The molecule has 1 aliphatic rings. The molecular weight excluding hydrogens is 414 g/mol. The highest BCUT2D eigenvalue weighted by atomic mass is 35.5. The molecule has 8 heteroatoms. The van der Waals surface area contributed by atoms with E-state index in [0.29, 0.717) is 10.1 Å². The van der Waals surface area contributed by atoms with Gasteiger partial charge in [0.05, 0.1) is 15.6 Å². The van der Waals surface area contributed by atoms with Gasteiger partial charge < -0.3 is 4.74 Å². The van der Waals surface area contributed by atoms with E-state index in [4.69, 9.17) is 16.3 Å². The molecule has 0 saturated carbocycles. The molecule has 0 bridgehead atoms. The summed E-state index contributed by atoms with van der Waals surface area (Å²) in [7, 11) is 0. The molecule has 3 aromatic rings. The van der Waals surface area contributed by atoms with Crippen molar-refractivity contribution in [3.05, 3.63) is 81.0 Å². The van der Waals surface area contributed by atoms with Crippen LogP contribution in [-0.2, 0) is 0 Å². The molecule has 6 nitrogen and oxygen atoms in total. The van der Waals surface area contributed by atoms with Gasteiger partial charge in [-0.1, -0.05) is 41.9 Å². The third-order valence-electron chi connectivity index (χ3n) is 4.41. The van der Waals surface area contributed by atoms with Crippen LogP contribution in [0.3, 0.4) is 0 Å². The molecule has 1 atom stereocenters. The summed E-state index contributed by atoms with van der Waals surface area (Å²) in [5.74, 6) is -3.03. The first kappa shape index (κ1) is 19.0. The number of carbonyl (C=O) groups excluding carboxylic acids is 4. The maximum Gasteiger partial charge on any atom is 0.417 e. The fraction of sp³-hybridized carbons (Fsp3) is 0.0476. The molecule has 4 rings (SSSR count). The van der Waals surface area contributed by atoms with Crippen molar-refractivity contribution in [3.63, 3.8) is 0 Å². The van der Waals surface area contributed by atoms with Crippen LogP contribution >= 0.6 is 22.9 Å². The van der Waals surface area contributed by atoms with Gasteiger partial charge in [-0.2, -0.15) is 0 Å². The number of Topliss-reactive ketones (excluding diaryl/α,β-unsaturated/α-hetero) is 3. The summed E-state index contributed by atoms with van der Waals surface area (Å²) in [6.45, 7) is 0. The molecule has 0 spiro atoms. The van der Waals surface area contributed by atoms with Gasteiger partial charge in [-0.25, -0.2) is 4.79 Å². The largest absolute Gasteiger partial charge is 0.417 e. The van der Waals surface area contributed by atoms with E-state index < -0.39 is 29.4 Å². The van der Waals surface area contributed by atoms with Crippen molar-refractivity contribution in [2.24, 2.45) is 5.92 Å². The molecule has 2 aromatic carbocycles. The van der Waals surface area contributed by atoms with Crippen LogP contribution in [0.2, 0.25) is 4.34 Å². The normalized spacial score (nSPS) is 15.1. The number of benzene rings is 2. The van der Waals surface area contributed by atoms with Gasteiger partial charge in [0, 0.05) is 16.5 Å². The quantitative estimate of drug-likeness (QED) is 0.474. The smallest absolute Gasteiger partial charge is 0.410 e. The average molecular weight is 426 g/mol. The summed E-state index contributed by atoms with van der Waals surface area (Å²) in [5.41, 5.74) is 0.410. The number of ether oxygens (including phenoxy) is 1. The molecule has 1 amide bonds. The number of hydrogen-bond donors (Lipinski definition) is 1.